The number of thioether (sulfide) groups is 1. The van der Waals surface area contributed by atoms with Crippen LogP contribution in [0.1, 0.15) is 89.7 Å². The number of piperidine rings is 1. The molecule has 1 unspecified atom stereocenters. The maximum Gasteiger partial charge on any atom is 0.253 e. The molecule has 4 aliphatic rings. The highest BCUT2D eigenvalue weighted by atomic mass is 32.2. The maximum absolute atomic E-state index is 15.3. The van der Waals surface area contributed by atoms with Gasteiger partial charge in [-0.3, -0.25) is 57.6 Å². The lowest BCUT2D eigenvalue weighted by molar-refractivity contribution is -0.144. The molecule has 11 amide bonds. The van der Waals surface area contributed by atoms with Crippen LogP contribution >= 0.6 is 11.8 Å². The number of nitrogens with zero attached hydrogens (tertiary/aromatic N) is 3. The highest BCUT2D eigenvalue weighted by Crippen LogP contribution is 2.39. The molecule has 31 heteroatoms. The molecule has 2 saturated heterocycles. The van der Waals surface area contributed by atoms with Gasteiger partial charge in [0, 0.05) is 102 Å². The van der Waals surface area contributed by atoms with Gasteiger partial charge in [-0.1, -0.05) is 33.6 Å². The number of carbonyl (C=O) groups excluding carboxylic acids is 11. The summed E-state index contributed by atoms with van der Waals surface area (Å²) in [7, 11) is 1.46. The average molecular weight is 1260 g/mol. The van der Waals surface area contributed by atoms with E-state index in [4.69, 9.17) is 16.2 Å². The van der Waals surface area contributed by atoms with E-state index in [9.17, 15) is 73.2 Å². The predicted octanol–water partition coefficient (Wildman–Crippen LogP) is -4.09. The third kappa shape index (κ3) is 18.1. The number of primary amides is 1. The molecule has 1 aromatic heterocycles. The van der Waals surface area contributed by atoms with E-state index < -0.39 is 170 Å². The van der Waals surface area contributed by atoms with E-state index in [1.165, 1.54) is 31.1 Å². The van der Waals surface area contributed by atoms with Gasteiger partial charge in [-0.05, 0) is 43.7 Å². The number of aromatic nitrogens is 1. The third-order valence-corrected chi connectivity index (χ3v) is 19.0. The van der Waals surface area contributed by atoms with Crippen molar-refractivity contribution in [1.82, 2.24) is 51.6 Å². The lowest BCUT2D eigenvalue weighted by Gasteiger charge is -2.32. The van der Waals surface area contributed by atoms with Gasteiger partial charge in [0.2, 0.25) is 58.2 Å². The zero-order valence-corrected chi connectivity index (χ0v) is 50.8. The summed E-state index contributed by atoms with van der Waals surface area (Å²) in [4.78, 5) is 154. The quantitative estimate of drug-likeness (QED) is 0.0270. The van der Waals surface area contributed by atoms with Crippen LogP contribution in [-0.4, -0.2) is 229 Å². The Morgan fingerprint density at radius 1 is 0.943 bits per heavy atom. The molecule has 15 N–H and O–H groups in total. The fourth-order valence-electron chi connectivity index (χ4n) is 10.9. The number of unbranched alkanes of at least 4 members (excludes halogenated alkanes) is 2. The zero-order chi connectivity index (χ0) is 63.8. The minimum absolute atomic E-state index is 0.000387. The Kier molecular flexibility index (Phi) is 25.8. The molecule has 4 aliphatic heterocycles. The van der Waals surface area contributed by atoms with E-state index in [1.54, 1.807) is 37.7 Å². The minimum Gasteiger partial charge on any atom is -0.610 e. The summed E-state index contributed by atoms with van der Waals surface area (Å²) in [5, 5.41) is 58.2. The largest absolute Gasteiger partial charge is 0.610 e. The Balaban J connectivity index is 1.34. The Hall–Kier alpha value is -6.87. The number of fused-ring (bicyclic) bond motifs is 4. The predicted molar refractivity (Wildman–Crippen MR) is 316 cm³/mol. The summed E-state index contributed by atoms with van der Waals surface area (Å²) >= 11 is -0.808. The molecule has 29 nitrogen and oxygen atoms in total. The van der Waals surface area contributed by atoms with Gasteiger partial charge in [0.1, 0.15) is 35.7 Å². The number of imide groups is 1. The Morgan fingerprint density at radius 3 is 2.28 bits per heavy atom. The molecule has 2 fully saturated rings. The van der Waals surface area contributed by atoms with Crippen molar-refractivity contribution in [2.45, 2.75) is 149 Å². The number of aliphatic hydroxyl groups is 4. The number of rotatable bonds is 24. The second-order valence-corrected chi connectivity index (χ2v) is 25.0. The maximum atomic E-state index is 15.3. The summed E-state index contributed by atoms with van der Waals surface area (Å²) in [6.45, 7) is 2.75. The van der Waals surface area contributed by atoms with Crippen molar-refractivity contribution in [1.29, 1.82) is 0 Å². The molecule has 0 radical (unpaired) electrons. The number of H-pyrrole nitrogens is 1. The van der Waals surface area contributed by atoms with Crippen LogP contribution in [0.2, 0.25) is 0 Å². The van der Waals surface area contributed by atoms with Crippen LogP contribution < -0.4 is 48.1 Å². The van der Waals surface area contributed by atoms with Gasteiger partial charge in [0.05, 0.1) is 63.6 Å². The summed E-state index contributed by atoms with van der Waals surface area (Å²) < 4.78 is 21.2. The lowest BCUT2D eigenvalue weighted by atomic mass is 9.94. The summed E-state index contributed by atoms with van der Waals surface area (Å²) in [5.74, 6) is -10.2. The molecular weight excluding hydrogens is 1180 g/mol. The van der Waals surface area contributed by atoms with Crippen LogP contribution in [0.3, 0.4) is 0 Å². The van der Waals surface area contributed by atoms with Gasteiger partial charge in [-0.2, -0.15) is 11.8 Å². The van der Waals surface area contributed by atoms with Crippen LogP contribution in [0.15, 0.2) is 29.3 Å². The number of nitrogens with two attached hydrogens (primary N) is 2. The third-order valence-electron chi connectivity index (χ3n) is 16.2. The number of likely N-dealkylation sites (tertiary alicyclic amines) is 1. The first kappa shape index (κ1) is 69.2. The first-order chi connectivity index (χ1) is 41.4. The monoisotopic (exact) mass is 1260 g/mol. The topological polar surface area (TPSA) is 451 Å². The van der Waals surface area contributed by atoms with Gasteiger partial charge < -0.3 is 87.9 Å². The molecule has 87 heavy (non-hydrogen) atoms. The molecule has 1 aromatic carbocycles. The summed E-state index contributed by atoms with van der Waals surface area (Å²) in [5.41, 5.74) is 12.3. The molecular formula is C56H82N12O17S2. The van der Waals surface area contributed by atoms with Gasteiger partial charge in [-0.15, -0.1) is 0 Å². The van der Waals surface area contributed by atoms with E-state index in [2.05, 4.69) is 36.9 Å². The van der Waals surface area contributed by atoms with Crippen molar-refractivity contribution < 1.29 is 82.5 Å². The van der Waals surface area contributed by atoms with Crippen LogP contribution in [0.25, 0.3) is 10.9 Å². The number of hydrogen-bond acceptors (Lipinski definition) is 19. The zero-order valence-electron chi connectivity index (χ0n) is 49.2. The Bertz CT molecular complexity index is 2870. The molecule has 480 valence electrons. The second kappa shape index (κ2) is 32.4. The number of methoxy groups -OCH3 is 1. The molecule has 0 aliphatic carbocycles. The van der Waals surface area contributed by atoms with Crippen molar-refractivity contribution in [3.05, 3.63) is 35.4 Å². The van der Waals surface area contributed by atoms with Gasteiger partial charge in [0.25, 0.3) is 11.8 Å². The number of benzene rings is 1. The number of carbonyl (C=O) groups is 11. The van der Waals surface area contributed by atoms with E-state index >= 15 is 4.55 Å². The lowest BCUT2D eigenvalue weighted by Crippen LogP contribution is -2.61. The molecule has 5 heterocycles. The van der Waals surface area contributed by atoms with Crippen molar-refractivity contribution >= 4 is 98.8 Å². The fraction of sp³-hybridized carbons (Fsp3) is 0.625. The van der Waals surface area contributed by atoms with Crippen LogP contribution in [0, 0.1) is 11.8 Å². The van der Waals surface area contributed by atoms with Crippen molar-refractivity contribution in [3.63, 3.8) is 0 Å². The first-order valence-electron chi connectivity index (χ1n) is 29.1. The number of amides is 11. The Labute approximate surface area is 510 Å². The normalized spacial score (nSPS) is 24.0. The van der Waals surface area contributed by atoms with Crippen molar-refractivity contribution in [2.75, 3.05) is 65.3 Å². The van der Waals surface area contributed by atoms with E-state index in [0.717, 1.165) is 4.90 Å². The van der Waals surface area contributed by atoms with E-state index in [-0.39, 0.29) is 46.5 Å². The smallest absolute Gasteiger partial charge is 0.253 e. The number of aromatic amines is 1. The molecule has 0 spiro atoms. The highest BCUT2D eigenvalue weighted by Gasteiger charge is 2.45. The molecule has 0 bridgehead atoms. The van der Waals surface area contributed by atoms with Crippen LogP contribution in [0.5, 0.6) is 5.75 Å². The molecule has 6 rings (SSSR count). The highest BCUT2D eigenvalue weighted by molar-refractivity contribution is 7.99. The second-order valence-electron chi connectivity index (χ2n) is 22.3. The first-order valence-corrected chi connectivity index (χ1v) is 31.5. The molecule has 11 atom stereocenters. The standard InChI is InChI=1S/C56H82N12O17S2/c1-5-29(2)48(63-43(74)22-57)53(81)59-23-44(75)61-38-28-87(84)55-35(19-31(25-69)60-54(82)49(30(3)40(72)26-70)64-52(80)39-20-32(71)24-68(39)56(83)37(21-42(58)73)62-51(38)79)34-10-11-41(85-4)36(50(34)65-55)27-86-33-14-17-66(18-15-33)45(76)9-7-6-8-16-67-46(77)12-13-47(67)78/h10-13,29-33,37-40,48-49,65,69-72H,5-9,14-28,57H2,1-4H3,(H2,58,73)(H,59,81)(H,60,82)(H,61,75)(H,62,79)(H,63,74)(H,64,80)/t29-,30-,31-,32+,37-,38-,39-,40-,48-,49-,87?/m0/s1. The van der Waals surface area contributed by atoms with Crippen molar-refractivity contribution in [3.8, 4) is 5.75 Å². The Morgan fingerprint density at radius 2 is 1.64 bits per heavy atom. The molecule has 0 saturated carbocycles. The number of ether oxygens (including phenoxy) is 1. The summed E-state index contributed by atoms with van der Waals surface area (Å²) in [6.07, 6.45) is 1.83. The number of aliphatic hydroxyl groups excluding tert-OH is 4. The molecule has 2 aromatic rings. The number of hydrogen-bond donors (Lipinski definition) is 13. The van der Waals surface area contributed by atoms with E-state index in [0.29, 0.717) is 86.0 Å². The van der Waals surface area contributed by atoms with Gasteiger partial charge >= 0.3 is 0 Å². The van der Waals surface area contributed by atoms with E-state index in [1.807, 2.05) is 4.90 Å². The van der Waals surface area contributed by atoms with Crippen molar-refractivity contribution in [2.24, 2.45) is 23.3 Å². The number of nitrogens with one attached hydrogen (secondary N) is 7. The minimum atomic E-state index is -2.40. The van der Waals surface area contributed by atoms with Gasteiger partial charge in [-0.25, -0.2) is 0 Å². The van der Waals surface area contributed by atoms with Crippen LogP contribution in [-0.2, 0) is 76.1 Å². The van der Waals surface area contributed by atoms with Crippen LogP contribution in [0.4, 0.5) is 0 Å². The SMILES string of the molecule is CC[C@H](C)[C@H](NC(=O)CN)C(=O)NCC(=O)N[C@H]1C[S+]([O-])c2[nH]c3c(CSC4CCN(C(=O)CCCCCN5C(=O)C=CC5=O)CC4)c(OC)ccc3c2C[C@@H](CO)NC(=O)[C@H]([C@@H](C)[C@@H](O)CO)NC(=O)[C@@H]2C[C@@H](O)CN2C(=O)[C@H](CC(N)=O)NC1=O. The average Bonchev–Trinajstić information content (AvgIpc) is 2.14. The fourth-order valence-corrected chi connectivity index (χ4v) is 13.5. The van der Waals surface area contributed by atoms with Gasteiger partial charge in [0.15, 0.2) is 6.04 Å². The summed E-state index contributed by atoms with van der Waals surface area (Å²) in [6, 6.07) is -5.98.